The zero-order valence-corrected chi connectivity index (χ0v) is 7.44. The highest BCUT2D eigenvalue weighted by Gasteiger charge is 2.10. The molecule has 0 aliphatic heterocycles. The quantitative estimate of drug-likeness (QED) is 0.536. The van der Waals surface area contributed by atoms with Crippen LogP contribution >= 0.6 is 0 Å². The number of hydrogen-bond acceptors (Lipinski definition) is 3. The van der Waals surface area contributed by atoms with Gasteiger partial charge in [0.2, 0.25) is 0 Å². The van der Waals surface area contributed by atoms with Crippen molar-refractivity contribution >= 4 is 16.6 Å². The van der Waals surface area contributed by atoms with Crippen LogP contribution in [0.25, 0.3) is 10.9 Å². The average molecular weight is 192 g/mol. The summed E-state index contributed by atoms with van der Waals surface area (Å²) in [5.41, 5.74) is 1.29. The van der Waals surface area contributed by atoms with E-state index < -0.39 is 4.92 Å². The van der Waals surface area contributed by atoms with E-state index in [9.17, 15) is 15.2 Å². The number of fused-ring (bicyclic) bond motifs is 1. The van der Waals surface area contributed by atoms with Gasteiger partial charge < -0.3 is 10.1 Å². The first kappa shape index (κ1) is 8.55. The molecule has 0 fully saturated rings. The predicted octanol–water partition coefficient (Wildman–Crippen LogP) is 2.09. The summed E-state index contributed by atoms with van der Waals surface area (Å²) in [6.07, 6.45) is 0. The van der Waals surface area contributed by atoms with E-state index in [0.29, 0.717) is 11.1 Å². The number of aromatic nitrogens is 1. The Morgan fingerprint density at radius 1 is 1.50 bits per heavy atom. The third kappa shape index (κ3) is 1.10. The Bertz CT molecular complexity index is 516. The Morgan fingerprint density at radius 3 is 2.86 bits per heavy atom. The minimum Gasteiger partial charge on any atom is -0.494 e. The minimum atomic E-state index is -0.466. The highest BCUT2D eigenvalue weighted by molar-refractivity contribution is 5.87. The molecule has 0 spiro atoms. The summed E-state index contributed by atoms with van der Waals surface area (Å²) in [5, 5.41) is 20.6. The number of nitro groups is 1. The normalized spacial score (nSPS) is 10.6. The van der Waals surface area contributed by atoms with Crippen LogP contribution in [0.4, 0.5) is 5.69 Å². The van der Waals surface area contributed by atoms with Gasteiger partial charge in [0.1, 0.15) is 0 Å². The Balaban J connectivity index is 2.73. The lowest BCUT2D eigenvalue weighted by molar-refractivity contribution is -0.384. The molecule has 0 bridgehead atoms. The molecule has 0 saturated carbocycles. The molecule has 1 aromatic heterocycles. The van der Waals surface area contributed by atoms with Crippen LogP contribution in [0.3, 0.4) is 0 Å². The molecular formula is C9H8N2O3. The summed E-state index contributed by atoms with van der Waals surface area (Å²) < 4.78 is 0. The SMILES string of the molecule is Cc1c(O)[nH]c2cc([N+](=O)[O-])ccc12. The molecule has 1 aromatic carbocycles. The molecule has 0 saturated heterocycles. The van der Waals surface area contributed by atoms with E-state index in [1.54, 1.807) is 13.0 Å². The van der Waals surface area contributed by atoms with E-state index in [-0.39, 0.29) is 11.6 Å². The largest absolute Gasteiger partial charge is 0.494 e. The Kier molecular flexibility index (Phi) is 1.67. The monoisotopic (exact) mass is 192 g/mol. The second kappa shape index (κ2) is 2.73. The van der Waals surface area contributed by atoms with Crippen LogP contribution in [-0.2, 0) is 0 Å². The van der Waals surface area contributed by atoms with Gasteiger partial charge in [0, 0.05) is 23.1 Å². The van der Waals surface area contributed by atoms with Crippen molar-refractivity contribution < 1.29 is 10.0 Å². The van der Waals surface area contributed by atoms with Crippen molar-refractivity contribution in [2.75, 3.05) is 0 Å². The second-order valence-electron chi connectivity index (χ2n) is 3.09. The number of nitrogens with one attached hydrogen (secondary N) is 1. The number of rotatable bonds is 1. The van der Waals surface area contributed by atoms with Crippen LogP contribution < -0.4 is 0 Å². The van der Waals surface area contributed by atoms with Crippen LogP contribution in [-0.4, -0.2) is 15.0 Å². The van der Waals surface area contributed by atoms with E-state index in [1.165, 1.54) is 12.1 Å². The van der Waals surface area contributed by atoms with E-state index >= 15 is 0 Å². The number of aryl methyl sites for hydroxylation is 1. The van der Waals surface area contributed by atoms with E-state index in [0.717, 1.165) is 5.39 Å². The Morgan fingerprint density at radius 2 is 2.21 bits per heavy atom. The van der Waals surface area contributed by atoms with Crippen LogP contribution in [0, 0.1) is 17.0 Å². The lowest BCUT2D eigenvalue weighted by atomic mass is 10.2. The number of non-ortho nitro benzene ring substituents is 1. The first-order valence-electron chi connectivity index (χ1n) is 4.05. The summed E-state index contributed by atoms with van der Waals surface area (Å²) >= 11 is 0. The molecule has 0 unspecified atom stereocenters. The highest BCUT2D eigenvalue weighted by Crippen LogP contribution is 2.28. The lowest BCUT2D eigenvalue weighted by Crippen LogP contribution is -1.86. The zero-order chi connectivity index (χ0) is 10.3. The summed E-state index contributed by atoms with van der Waals surface area (Å²) in [6, 6.07) is 4.45. The first-order chi connectivity index (χ1) is 6.59. The summed E-state index contributed by atoms with van der Waals surface area (Å²) in [7, 11) is 0. The number of hydrogen-bond donors (Lipinski definition) is 2. The standard InChI is InChI=1S/C9H8N2O3/c1-5-7-3-2-6(11(13)14)4-8(7)10-9(5)12/h2-4,10,12H,1H3. The summed E-state index contributed by atoms with van der Waals surface area (Å²) in [5.74, 6) is 0.0560. The average Bonchev–Trinajstić information content (AvgIpc) is 2.42. The third-order valence-corrected chi connectivity index (χ3v) is 2.23. The number of aromatic hydroxyl groups is 1. The second-order valence-corrected chi connectivity index (χ2v) is 3.09. The molecule has 0 atom stereocenters. The topological polar surface area (TPSA) is 79.2 Å². The molecule has 5 nitrogen and oxygen atoms in total. The van der Waals surface area contributed by atoms with Gasteiger partial charge in [-0.25, -0.2) is 0 Å². The van der Waals surface area contributed by atoms with Gasteiger partial charge >= 0.3 is 0 Å². The number of benzene rings is 1. The fourth-order valence-corrected chi connectivity index (χ4v) is 1.43. The third-order valence-electron chi connectivity index (χ3n) is 2.23. The maximum Gasteiger partial charge on any atom is 0.271 e. The van der Waals surface area contributed by atoms with Crippen molar-refractivity contribution in [2.45, 2.75) is 6.92 Å². The lowest BCUT2D eigenvalue weighted by Gasteiger charge is -1.91. The van der Waals surface area contributed by atoms with E-state index in [4.69, 9.17) is 0 Å². The van der Waals surface area contributed by atoms with Crippen LogP contribution in [0.1, 0.15) is 5.56 Å². The molecule has 0 aliphatic rings. The molecule has 2 rings (SSSR count). The fraction of sp³-hybridized carbons (Fsp3) is 0.111. The predicted molar refractivity (Wildman–Crippen MR) is 51.4 cm³/mol. The minimum absolute atomic E-state index is 0.0127. The van der Waals surface area contributed by atoms with Crippen molar-refractivity contribution in [1.82, 2.24) is 4.98 Å². The Labute approximate surface area is 79.1 Å². The molecule has 0 amide bonds. The summed E-state index contributed by atoms with van der Waals surface area (Å²) in [4.78, 5) is 12.7. The molecule has 0 radical (unpaired) electrons. The van der Waals surface area contributed by atoms with Crippen LogP contribution in [0.15, 0.2) is 18.2 Å². The van der Waals surface area contributed by atoms with E-state index in [2.05, 4.69) is 4.98 Å². The van der Waals surface area contributed by atoms with Crippen LogP contribution in [0.5, 0.6) is 5.88 Å². The maximum absolute atomic E-state index is 10.5. The molecule has 0 aliphatic carbocycles. The van der Waals surface area contributed by atoms with Gasteiger partial charge in [-0.3, -0.25) is 10.1 Å². The number of H-pyrrole nitrogens is 1. The van der Waals surface area contributed by atoms with Crippen molar-refractivity contribution in [2.24, 2.45) is 0 Å². The molecule has 14 heavy (non-hydrogen) atoms. The van der Waals surface area contributed by atoms with Gasteiger partial charge in [0.05, 0.1) is 10.4 Å². The van der Waals surface area contributed by atoms with Gasteiger partial charge in [-0.2, -0.15) is 0 Å². The molecule has 2 aromatic rings. The Hall–Kier alpha value is -2.04. The fourth-order valence-electron chi connectivity index (χ4n) is 1.43. The van der Waals surface area contributed by atoms with Gasteiger partial charge in [0.25, 0.3) is 5.69 Å². The zero-order valence-electron chi connectivity index (χ0n) is 7.44. The maximum atomic E-state index is 10.5. The molecule has 5 heteroatoms. The first-order valence-corrected chi connectivity index (χ1v) is 4.05. The highest BCUT2D eigenvalue weighted by atomic mass is 16.6. The molecule has 1 heterocycles. The smallest absolute Gasteiger partial charge is 0.271 e. The van der Waals surface area contributed by atoms with Gasteiger partial charge in [-0.15, -0.1) is 0 Å². The van der Waals surface area contributed by atoms with Crippen LogP contribution in [0.2, 0.25) is 0 Å². The summed E-state index contributed by atoms with van der Waals surface area (Å²) in [6.45, 7) is 1.75. The number of aromatic amines is 1. The number of nitrogens with zero attached hydrogens (tertiary/aromatic N) is 1. The van der Waals surface area contributed by atoms with Gasteiger partial charge in [-0.1, -0.05) is 0 Å². The number of nitro benzene ring substituents is 1. The van der Waals surface area contributed by atoms with Crippen molar-refractivity contribution in [3.05, 3.63) is 33.9 Å². The van der Waals surface area contributed by atoms with Gasteiger partial charge in [0.15, 0.2) is 5.88 Å². The van der Waals surface area contributed by atoms with Gasteiger partial charge in [-0.05, 0) is 13.0 Å². The van der Waals surface area contributed by atoms with Crippen molar-refractivity contribution in [1.29, 1.82) is 0 Å². The van der Waals surface area contributed by atoms with Crippen molar-refractivity contribution in [3.63, 3.8) is 0 Å². The van der Waals surface area contributed by atoms with E-state index in [1.807, 2.05) is 0 Å². The molecular weight excluding hydrogens is 184 g/mol. The van der Waals surface area contributed by atoms with Crippen molar-refractivity contribution in [3.8, 4) is 5.88 Å². The molecule has 2 N–H and O–H groups in total. The molecule has 72 valence electrons.